The van der Waals surface area contributed by atoms with Gasteiger partial charge in [0.2, 0.25) is 0 Å². The number of carbonyl (C=O) groups is 1. The Bertz CT molecular complexity index is 427. The lowest BCUT2D eigenvalue weighted by atomic mass is 10.0. The van der Waals surface area contributed by atoms with Crippen molar-refractivity contribution >= 4 is 11.7 Å². The van der Waals surface area contributed by atoms with E-state index >= 15 is 0 Å². The van der Waals surface area contributed by atoms with Gasteiger partial charge in [-0.2, -0.15) is 5.10 Å². The van der Waals surface area contributed by atoms with Gasteiger partial charge >= 0.3 is 0 Å². The lowest BCUT2D eigenvalue weighted by Gasteiger charge is -2.41. The molecular formula is C11H18N4O2. The molecule has 2 rings (SSSR count). The van der Waals surface area contributed by atoms with Crippen LogP contribution in [0.25, 0.3) is 0 Å². The van der Waals surface area contributed by atoms with Crippen LogP contribution in [0.3, 0.4) is 0 Å². The summed E-state index contributed by atoms with van der Waals surface area (Å²) in [5.41, 5.74) is 5.75. The summed E-state index contributed by atoms with van der Waals surface area (Å²) < 4.78 is 5.75. The number of nitrogens with two attached hydrogens (primary N) is 1. The van der Waals surface area contributed by atoms with Crippen LogP contribution in [0.1, 0.15) is 31.1 Å². The van der Waals surface area contributed by atoms with E-state index in [1.54, 1.807) is 4.90 Å². The van der Waals surface area contributed by atoms with Gasteiger partial charge in [-0.3, -0.25) is 9.89 Å². The predicted molar refractivity (Wildman–Crippen MR) is 63.5 cm³/mol. The van der Waals surface area contributed by atoms with Gasteiger partial charge in [-0.1, -0.05) is 0 Å². The minimum absolute atomic E-state index is 0.0239. The lowest BCUT2D eigenvalue weighted by Crippen LogP contribution is -2.53. The first-order chi connectivity index (χ1) is 7.89. The van der Waals surface area contributed by atoms with Crippen molar-refractivity contribution in [2.24, 2.45) is 0 Å². The number of nitrogen functional groups attached to an aromatic ring is 1. The van der Waals surface area contributed by atoms with E-state index in [0.29, 0.717) is 24.5 Å². The Kier molecular flexibility index (Phi) is 2.82. The third-order valence-electron chi connectivity index (χ3n) is 2.76. The molecule has 0 radical (unpaired) electrons. The molecule has 0 aliphatic carbocycles. The van der Waals surface area contributed by atoms with Crippen LogP contribution in [0.5, 0.6) is 0 Å². The molecule has 1 aliphatic rings. The fourth-order valence-electron chi connectivity index (χ4n) is 2.25. The zero-order valence-electron chi connectivity index (χ0n) is 10.4. The van der Waals surface area contributed by atoms with Crippen molar-refractivity contribution in [2.45, 2.75) is 32.5 Å². The van der Waals surface area contributed by atoms with Crippen LogP contribution in [0.4, 0.5) is 5.82 Å². The molecule has 1 fully saturated rings. The summed E-state index contributed by atoms with van der Waals surface area (Å²) in [6.45, 7) is 7.04. The second kappa shape index (κ2) is 4.03. The first-order valence-corrected chi connectivity index (χ1v) is 5.65. The monoisotopic (exact) mass is 238 g/mol. The topological polar surface area (TPSA) is 84.2 Å². The molecule has 1 atom stereocenters. The number of aromatic nitrogens is 2. The number of hydrogen-bond donors (Lipinski definition) is 2. The summed E-state index contributed by atoms with van der Waals surface area (Å²) in [5, 5.41) is 6.33. The van der Waals surface area contributed by atoms with Crippen LogP contribution < -0.4 is 5.73 Å². The number of carbonyl (C=O) groups excluding carboxylic acids is 1. The number of hydrogen-bond acceptors (Lipinski definition) is 4. The number of nitrogens with one attached hydrogen (secondary N) is 1. The van der Waals surface area contributed by atoms with Crippen molar-refractivity contribution in [2.75, 3.05) is 18.8 Å². The third-order valence-corrected chi connectivity index (χ3v) is 2.76. The van der Waals surface area contributed by atoms with E-state index < -0.39 is 0 Å². The normalized spacial score (nSPS) is 23.7. The highest BCUT2D eigenvalue weighted by atomic mass is 16.5. The Hall–Kier alpha value is -1.56. The molecule has 0 saturated carbocycles. The molecule has 3 N–H and O–H groups in total. The third kappa shape index (κ3) is 2.41. The summed E-state index contributed by atoms with van der Waals surface area (Å²) >= 11 is 0. The molecule has 17 heavy (non-hydrogen) atoms. The number of anilines is 1. The van der Waals surface area contributed by atoms with Crippen LogP contribution in [0.2, 0.25) is 0 Å². The molecule has 1 aromatic heterocycles. The van der Waals surface area contributed by atoms with Crippen LogP contribution in [-0.4, -0.2) is 45.8 Å². The van der Waals surface area contributed by atoms with Gasteiger partial charge < -0.3 is 15.4 Å². The maximum Gasteiger partial charge on any atom is 0.259 e. The maximum atomic E-state index is 12.2. The van der Waals surface area contributed by atoms with Gasteiger partial charge in [0.25, 0.3) is 5.91 Å². The molecule has 0 bridgehead atoms. The molecule has 1 aliphatic heterocycles. The van der Waals surface area contributed by atoms with Crippen LogP contribution in [0.15, 0.2) is 6.20 Å². The number of morpholine rings is 1. The molecule has 0 spiro atoms. The largest absolute Gasteiger partial charge is 0.383 e. The molecule has 1 saturated heterocycles. The summed E-state index contributed by atoms with van der Waals surface area (Å²) in [6, 6.07) is 0. The van der Waals surface area contributed by atoms with Crippen molar-refractivity contribution in [3.05, 3.63) is 11.8 Å². The van der Waals surface area contributed by atoms with Crippen molar-refractivity contribution in [3.8, 4) is 0 Å². The molecule has 0 aromatic carbocycles. The Morgan fingerprint density at radius 2 is 2.41 bits per heavy atom. The van der Waals surface area contributed by atoms with Crippen molar-refractivity contribution < 1.29 is 9.53 Å². The first-order valence-electron chi connectivity index (χ1n) is 5.65. The highest BCUT2D eigenvalue weighted by Crippen LogP contribution is 2.23. The predicted octanol–water partition coefficient (Wildman–Crippen LogP) is 0.631. The molecule has 1 amide bonds. The number of ether oxygens (including phenoxy) is 1. The smallest absolute Gasteiger partial charge is 0.259 e. The van der Waals surface area contributed by atoms with Crippen LogP contribution in [0, 0.1) is 0 Å². The van der Waals surface area contributed by atoms with Crippen molar-refractivity contribution in [1.29, 1.82) is 0 Å². The molecule has 1 aromatic rings. The quantitative estimate of drug-likeness (QED) is 0.751. The zero-order valence-corrected chi connectivity index (χ0v) is 10.4. The number of amides is 1. The van der Waals surface area contributed by atoms with E-state index in [2.05, 4.69) is 10.2 Å². The highest BCUT2D eigenvalue weighted by molar-refractivity contribution is 5.98. The molecule has 6 heteroatoms. The van der Waals surface area contributed by atoms with E-state index in [4.69, 9.17) is 10.5 Å². The van der Waals surface area contributed by atoms with E-state index in [1.807, 2.05) is 20.8 Å². The first kappa shape index (κ1) is 11.9. The van der Waals surface area contributed by atoms with Crippen molar-refractivity contribution in [1.82, 2.24) is 15.1 Å². The van der Waals surface area contributed by atoms with Gasteiger partial charge in [-0.05, 0) is 20.8 Å². The van der Waals surface area contributed by atoms with E-state index in [1.165, 1.54) is 6.20 Å². The van der Waals surface area contributed by atoms with Gasteiger partial charge in [0.05, 0.1) is 17.9 Å². The number of aromatic amines is 1. The maximum absolute atomic E-state index is 12.2. The molecule has 94 valence electrons. The Balaban J connectivity index is 2.18. The second-order valence-corrected chi connectivity index (χ2v) is 5.07. The number of nitrogens with zero attached hydrogens (tertiary/aromatic N) is 2. The zero-order chi connectivity index (χ0) is 12.6. The summed E-state index contributed by atoms with van der Waals surface area (Å²) in [6.07, 6.45) is 1.49. The standard InChI is InChI=1S/C11H18N4O2/c1-7-5-15(6-11(2,3)17-7)10(16)8-4-13-14-9(8)12/h4,7H,5-6H2,1-3H3,(H3,12,13,14). The summed E-state index contributed by atoms with van der Waals surface area (Å²) in [7, 11) is 0. The average molecular weight is 238 g/mol. The highest BCUT2D eigenvalue weighted by Gasteiger charge is 2.34. The second-order valence-electron chi connectivity index (χ2n) is 5.07. The molecule has 1 unspecified atom stereocenters. The Morgan fingerprint density at radius 1 is 1.71 bits per heavy atom. The number of H-pyrrole nitrogens is 1. The summed E-state index contributed by atoms with van der Waals surface area (Å²) in [5.74, 6) is 0.214. The Labute approximate surface area is 100 Å². The van der Waals surface area contributed by atoms with Gasteiger partial charge in [0.15, 0.2) is 0 Å². The van der Waals surface area contributed by atoms with Gasteiger partial charge in [0, 0.05) is 13.1 Å². The van der Waals surface area contributed by atoms with Crippen LogP contribution in [-0.2, 0) is 4.74 Å². The molecule has 6 nitrogen and oxygen atoms in total. The van der Waals surface area contributed by atoms with Gasteiger partial charge in [-0.15, -0.1) is 0 Å². The summed E-state index contributed by atoms with van der Waals surface area (Å²) in [4.78, 5) is 14.0. The van der Waals surface area contributed by atoms with Gasteiger partial charge in [0.1, 0.15) is 11.4 Å². The van der Waals surface area contributed by atoms with E-state index in [0.717, 1.165) is 0 Å². The lowest BCUT2D eigenvalue weighted by molar-refractivity contribution is -0.118. The fraction of sp³-hybridized carbons (Fsp3) is 0.636. The molecule has 2 heterocycles. The minimum Gasteiger partial charge on any atom is -0.383 e. The molecular weight excluding hydrogens is 220 g/mol. The van der Waals surface area contributed by atoms with E-state index in [-0.39, 0.29) is 17.6 Å². The number of rotatable bonds is 1. The van der Waals surface area contributed by atoms with Crippen molar-refractivity contribution in [3.63, 3.8) is 0 Å². The fourth-order valence-corrected chi connectivity index (χ4v) is 2.25. The SMILES string of the molecule is CC1CN(C(=O)c2cn[nH]c2N)CC(C)(C)O1. The van der Waals surface area contributed by atoms with Gasteiger partial charge in [-0.25, -0.2) is 0 Å². The van der Waals surface area contributed by atoms with E-state index in [9.17, 15) is 4.79 Å². The Morgan fingerprint density at radius 3 is 2.94 bits per heavy atom. The average Bonchev–Trinajstić information content (AvgIpc) is 2.60. The van der Waals surface area contributed by atoms with Crippen LogP contribution >= 0.6 is 0 Å². The minimum atomic E-state index is -0.328.